The second kappa shape index (κ2) is 8.57. The van der Waals surface area contributed by atoms with E-state index in [-0.39, 0.29) is 18.2 Å². The summed E-state index contributed by atoms with van der Waals surface area (Å²) >= 11 is 6.13. The zero-order valence-electron chi connectivity index (χ0n) is 16.2. The third-order valence-electron chi connectivity index (χ3n) is 5.00. The van der Waals surface area contributed by atoms with Gasteiger partial charge in [0.2, 0.25) is 0 Å². The van der Waals surface area contributed by atoms with Gasteiger partial charge in [-0.05, 0) is 36.2 Å². The molecule has 9 heteroatoms. The smallest absolute Gasteiger partial charge is 0.387 e. The van der Waals surface area contributed by atoms with Gasteiger partial charge in [-0.15, -0.1) is 0 Å². The molecule has 1 aliphatic rings. The molecule has 0 bridgehead atoms. The average molecular weight is 436 g/mol. The quantitative estimate of drug-likeness (QED) is 0.597. The molecule has 0 radical (unpaired) electrons. The van der Waals surface area contributed by atoms with Crippen molar-refractivity contribution in [3.05, 3.63) is 64.6 Å². The summed E-state index contributed by atoms with van der Waals surface area (Å²) in [5, 5.41) is 0.507. The monoisotopic (exact) mass is 435 g/mol. The molecule has 1 amide bonds. The van der Waals surface area contributed by atoms with Crippen LogP contribution in [-0.4, -0.2) is 46.5 Å². The zero-order valence-corrected chi connectivity index (χ0v) is 17.0. The minimum Gasteiger partial charge on any atom is -0.435 e. The number of aromatic nitrogens is 2. The minimum absolute atomic E-state index is 0.0549. The minimum atomic E-state index is -2.90. The first kappa shape index (κ1) is 20.6. The number of rotatable bonds is 5. The summed E-state index contributed by atoms with van der Waals surface area (Å²) in [5.41, 5.74) is 2.49. The van der Waals surface area contributed by atoms with Crippen LogP contribution in [0.25, 0.3) is 5.65 Å². The second-order valence-corrected chi connectivity index (χ2v) is 7.33. The van der Waals surface area contributed by atoms with Gasteiger partial charge in [-0.2, -0.15) is 8.78 Å². The molecule has 0 spiro atoms. The highest BCUT2D eigenvalue weighted by molar-refractivity contribution is 6.30. The van der Waals surface area contributed by atoms with Gasteiger partial charge in [0.1, 0.15) is 23.2 Å². The molecular weight excluding hydrogens is 416 g/mol. The van der Waals surface area contributed by atoms with Gasteiger partial charge < -0.3 is 14.4 Å². The number of fused-ring (bicyclic) bond motifs is 1. The molecule has 0 saturated carbocycles. The number of carbonyl (C=O) groups excluding carboxylic acids is 1. The number of imidazole rings is 1. The van der Waals surface area contributed by atoms with E-state index in [0.29, 0.717) is 47.2 Å². The second-order valence-electron chi connectivity index (χ2n) is 6.90. The van der Waals surface area contributed by atoms with Crippen LogP contribution in [0.1, 0.15) is 34.8 Å². The van der Waals surface area contributed by atoms with E-state index in [2.05, 4.69) is 9.72 Å². The van der Waals surface area contributed by atoms with E-state index < -0.39 is 12.7 Å². The van der Waals surface area contributed by atoms with Crippen LogP contribution >= 0.6 is 11.6 Å². The van der Waals surface area contributed by atoms with E-state index in [0.717, 1.165) is 0 Å². The van der Waals surface area contributed by atoms with Crippen LogP contribution in [-0.2, 0) is 11.2 Å². The van der Waals surface area contributed by atoms with E-state index in [1.54, 1.807) is 39.8 Å². The number of alkyl halides is 2. The molecule has 6 nitrogen and oxygen atoms in total. The van der Waals surface area contributed by atoms with Crippen molar-refractivity contribution in [3.8, 4) is 5.75 Å². The van der Waals surface area contributed by atoms with Crippen LogP contribution in [0, 0.1) is 0 Å². The molecule has 1 fully saturated rings. The summed E-state index contributed by atoms with van der Waals surface area (Å²) in [4.78, 5) is 19.6. The fourth-order valence-corrected chi connectivity index (χ4v) is 3.78. The maximum Gasteiger partial charge on any atom is 0.387 e. The predicted octanol–water partition coefficient (Wildman–Crippen LogP) is 4.37. The fraction of sp³-hybridized carbons (Fsp3) is 0.333. The van der Waals surface area contributed by atoms with E-state index in [1.807, 2.05) is 6.92 Å². The van der Waals surface area contributed by atoms with Crippen LogP contribution in [0.2, 0.25) is 5.02 Å². The number of aryl methyl sites for hydroxylation is 1. The summed E-state index contributed by atoms with van der Waals surface area (Å²) < 4.78 is 37.0. The molecular formula is C21H20ClF2N3O3. The van der Waals surface area contributed by atoms with Crippen LogP contribution in [0.5, 0.6) is 5.75 Å². The largest absolute Gasteiger partial charge is 0.435 e. The number of amides is 1. The van der Waals surface area contributed by atoms with Crippen molar-refractivity contribution in [1.29, 1.82) is 0 Å². The molecule has 1 aliphatic heterocycles. The van der Waals surface area contributed by atoms with Crippen LogP contribution in [0.4, 0.5) is 8.78 Å². The Bertz CT molecular complexity index is 1070. The molecule has 2 aromatic heterocycles. The van der Waals surface area contributed by atoms with E-state index >= 15 is 0 Å². The molecule has 4 rings (SSSR count). The molecule has 3 aromatic rings. The number of benzene rings is 1. The molecule has 1 atom stereocenters. The summed E-state index contributed by atoms with van der Waals surface area (Å²) in [6, 6.07) is 9.86. The third-order valence-corrected chi connectivity index (χ3v) is 5.22. The van der Waals surface area contributed by atoms with Crippen molar-refractivity contribution in [3.63, 3.8) is 0 Å². The molecule has 0 N–H and O–H groups in total. The van der Waals surface area contributed by atoms with Gasteiger partial charge in [0.05, 0.1) is 23.9 Å². The van der Waals surface area contributed by atoms with Crippen molar-refractivity contribution in [2.24, 2.45) is 0 Å². The molecule has 0 aliphatic carbocycles. The summed E-state index contributed by atoms with van der Waals surface area (Å²) in [6.07, 6.45) is 1.83. The lowest BCUT2D eigenvalue weighted by atomic mass is 10.1. The lowest BCUT2D eigenvalue weighted by Gasteiger charge is -2.33. The van der Waals surface area contributed by atoms with Gasteiger partial charge in [0, 0.05) is 12.7 Å². The molecule has 3 heterocycles. The molecule has 1 aromatic carbocycles. The van der Waals surface area contributed by atoms with Gasteiger partial charge in [-0.3, -0.25) is 9.20 Å². The van der Waals surface area contributed by atoms with E-state index in [4.69, 9.17) is 16.3 Å². The van der Waals surface area contributed by atoms with Gasteiger partial charge in [-0.1, -0.05) is 30.7 Å². The number of hydrogen-bond donors (Lipinski definition) is 0. The van der Waals surface area contributed by atoms with Crippen molar-refractivity contribution in [1.82, 2.24) is 14.3 Å². The summed E-state index contributed by atoms with van der Waals surface area (Å²) in [5.74, 6) is -0.117. The van der Waals surface area contributed by atoms with Gasteiger partial charge in [-0.25, -0.2) is 4.98 Å². The Balaban J connectivity index is 1.60. The Kier molecular flexibility index (Phi) is 5.87. The Hall–Kier alpha value is -2.71. The topological polar surface area (TPSA) is 56.1 Å². The number of hydrogen-bond acceptors (Lipinski definition) is 4. The first-order valence-corrected chi connectivity index (χ1v) is 9.96. The maximum atomic E-state index is 13.4. The fourth-order valence-electron chi connectivity index (χ4n) is 3.62. The van der Waals surface area contributed by atoms with Crippen LogP contribution in [0.15, 0.2) is 42.6 Å². The first-order valence-electron chi connectivity index (χ1n) is 9.58. The number of nitrogens with zero attached hydrogens (tertiary/aromatic N) is 3. The highest BCUT2D eigenvalue weighted by Crippen LogP contribution is 2.28. The Morgan fingerprint density at radius 1 is 1.37 bits per heavy atom. The van der Waals surface area contributed by atoms with Gasteiger partial charge in [0.25, 0.3) is 5.91 Å². The van der Waals surface area contributed by atoms with E-state index in [9.17, 15) is 13.6 Å². The first-order chi connectivity index (χ1) is 14.5. The van der Waals surface area contributed by atoms with Gasteiger partial charge in [0.15, 0.2) is 0 Å². The summed E-state index contributed by atoms with van der Waals surface area (Å²) in [7, 11) is 0. The normalized spacial score (nSPS) is 17.0. The van der Waals surface area contributed by atoms with Crippen molar-refractivity contribution < 1.29 is 23.0 Å². The van der Waals surface area contributed by atoms with Crippen molar-refractivity contribution in [2.75, 3.05) is 19.7 Å². The maximum absolute atomic E-state index is 13.4. The van der Waals surface area contributed by atoms with Crippen molar-refractivity contribution in [2.45, 2.75) is 26.1 Å². The Morgan fingerprint density at radius 3 is 2.97 bits per heavy atom. The summed E-state index contributed by atoms with van der Waals surface area (Å²) in [6.45, 7) is 0.0690. The van der Waals surface area contributed by atoms with Gasteiger partial charge >= 0.3 is 6.61 Å². The Morgan fingerprint density at radius 2 is 2.20 bits per heavy atom. The van der Waals surface area contributed by atoms with Crippen LogP contribution in [0.3, 0.4) is 0 Å². The highest BCUT2D eigenvalue weighted by Gasteiger charge is 2.30. The lowest BCUT2D eigenvalue weighted by molar-refractivity contribution is -0.0504. The number of ether oxygens (including phenoxy) is 2. The van der Waals surface area contributed by atoms with Crippen LogP contribution < -0.4 is 4.74 Å². The third kappa shape index (κ3) is 4.11. The predicted molar refractivity (Wildman–Crippen MR) is 107 cm³/mol. The number of halogens is 3. The highest BCUT2D eigenvalue weighted by atomic mass is 35.5. The molecule has 30 heavy (non-hydrogen) atoms. The Labute approximate surface area is 177 Å². The SMILES string of the molecule is CCc1nc2ccc(Cl)cn2c1C(=O)N1CCOC(c2cccc(OC(F)F)c2)C1. The lowest BCUT2D eigenvalue weighted by Crippen LogP contribution is -2.43. The molecule has 1 saturated heterocycles. The van der Waals surface area contributed by atoms with E-state index in [1.165, 1.54) is 12.1 Å². The number of morpholine rings is 1. The standard InChI is InChI=1S/C21H20ClF2N3O3/c1-2-16-19(27-11-14(22)6-7-18(27)25-16)20(28)26-8-9-29-17(12-26)13-4-3-5-15(10-13)30-21(23)24/h3-7,10-11,17,21H,2,8-9,12H2,1H3. The molecule has 158 valence electrons. The zero-order chi connectivity index (χ0) is 21.3. The van der Waals surface area contributed by atoms with Crippen molar-refractivity contribution >= 4 is 23.2 Å². The number of carbonyl (C=O) groups is 1. The molecule has 1 unspecified atom stereocenters. The number of pyridine rings is 1. The average Bonchev–Trinajstić information content (AvgIpc) is 3.10.